The van der Waals surface area contributed by atoms with Crippen LogP contribution in [0.4, 0.5) is 17.1 Å². The molecule has 4 aromatic rings. The van der Waals surface area contributed by atoms with Crippen LogP contribution in [0.15, 0.2) is 95.2 Å². The summed E-state index contributed by atoms with van der Waals surface area (Å²) in [5.41, 5.74) is 2.15. The van der Waals surface area contributed by atoms with Crippen LogP contribution in [0, 0.1) is 27.6 Å². The van der Waals surface area contributed by atoms with Gasteiger partial charge >= 0.3 is 0 Å². The van der Waals surface area contributed by atoms with Crippen molar-refractivity contribution < 1.29 is 57.2 Å². The summed E-state index contributed by atoms with van der Waals surface area (Å²) in [4.78, 5) is 109. The molecule has 89 heavy (non-hydrogen) atoms. The van der Waals surface area contributed by atoms with Gasteiger partial charge in [0, 0.05) is 66.4 Å². The van der Waals surface area contributed by atoms with Crippen molar-refractivity contribution in [3.05, 3.63) is 107 Å². The third kappa shape index (κ3) is 13.5. The SMILES string of the molecule is COc1ccc(C2=CN3C(=O)c4cc(OC)c(OCC(C)(C)CC(C)(C)COc5cc6c(cc5OC)C(=O)N5C=C(c7ccc(NC(=O)C(C)NC(=O)C(NC(=O)C(C)(C)CC(C)(C)N8C(=O)C(C)(C)C8=O)C(C)C)cc7)CC5C=N6)cc4N=CC3C2)cc1. The molecule has 5 aliphatic heterocycles. The van der Waals surface area contributed by atoms with E-state index >= 15 is 0 Å². The smallest absolute Gasteiger partial charge is 0.260 e. The van der Waals surface area contributed by atoms with E-state index in [4.69, 9.17) is 33.7 Å². The first-order chi connectivity index (χ1) is 41.8. The van der Waals surface area contributed by atoms with E-state index in [-0.39, 0.29) is 58.9 Å². The van der Waals surface area contributed by atoms with Gasteiger partial charge in [-0.25, -0.2) is 0 Å². The molecule has 0 bridgehead atoms. The molecule has 0 aliphatic carbocycles. The lowest BCUT2D eigenvalue weighted by Gasteiger charge is -2.52. The minimum Gasteiger partial charge on any atom is -0.497 e. The lowest BCUT2D eigenvalue weighted by atomic mass is 9.72. The van der Waals surface area contributed by atoms with E-state index in [2.05, 4.69) is 43.6 Å². The van der Waals surface area contributed by atoms with Crippen LogP contribution in [-0.2, 0) is 24.0 Å². The number of anilines is 1. The Morgan fingerprint density at radius 3 is 1.51 bits per heavy atom. The first-order valence-electron chi connectivity index (χ1n) is 30.2. The van der Waals surface area contributed by atoms with Crippen LogP contribution in [0.5, 0.6) is 28.7 Å². The monoisotopic (exact) mass is 1220 g/mol. The van der Waals surface area contributed by atoms with Crippen LogP contribution in [0.2, 0.25) is 0 Å². The predicted octanol–water partition coefficient (Wildman–Crippen LogP) is 10.7. The highest BCUT2D eigenvalue weighted by Crippen LogP contribution is 2.46. The van der Waals surface area contributed by atoms with E-state index < -0.39 is 46.2 Å². The number of amides is 7. The highest BCUT2D eigenvalue weighted by molar-refractivity contribution is 6.21. The van der Waals surface area contributed by atoms with Gasteiger partial charge in [-0.15, -0.1) is 0 Å². The molecular weight excluding hydrogens is 1130 g/mol. The summed E-state index contributed by atoms with van der Waals surface area (Å²) in [5, 5.41) is 8.46. The number of methoxy groups -OCH3 is 3. The minimum atomic E-state index is -1.10. The van der Waals surface area contributed by atoms with Crippen molar-refractivity contribution in [2.24, 2.45) is 37.6 Å². The highest BCUT2D eigenvalue weighted by Gasteiger charge is 2.59. The van der Waals surface area contributed by atoms with Gasteiger partial charge in [0.2, 0.25) is 29.5 Å². The van der Waals surface area contributed by atoms with Crippen molar-refractivity contribution >= 4 is 82.0 Å². The second-order valence-electron chi connectivity index (χ2n) is 27.6. The van der Waals surface area contributed by atoms with Crippen LogP contribution in [0.25, 0.3) is 11.1 Å². The fraction of sp³-hybridized carbons (Fsp3) is 0.464. The number of hydrogen-bond donors (Lipinski definition) is 3. The third-order valence-electron chi connectivity index (χ3n) is 17.2. The summed E-state index contributed by atoms with van der Waals surface area (Å²) in [6.07, 6.45) is 9.27. The van der Waals surface area contributed by atoms with Crippen molar-refractivity contribution in [3.8, 4) is 28.7 Å². The quantitative estimate of drug-likeness (QED) is 0.0465. The molecule has 7 amide bonds. The van der Waals surface area contributed by atoms with Crippen molar-refractivity contribution in [1.29, 1.82) is 0 Å². The molecule has 5 aliphatic rings. The second-order valence-corrected chi connectivity index (χ2v) is 27.6. The zero-order valence-electron chi connectivity index (χ0n) is 54.0. The minimum absolute atomic E-state index is 0.155. The number of benzene rings is 4. The van der Waals surface area contributed by atoms with Crippen molar-refractivity contribution in [2.45, 2.75) is 145 Å². The highest BCUT2D eigenvalue weighted by atomic mass is 16.5. The van der Waals surface area contributed by atoms with Gasteiger partial charge in [0.05, 0.1) is 69.1 Å². The molecule has 5 heterocycles. The number of nitrogens with zero attached hydrogens (tertiary/aromatic N) is 5. The number of imide groups is 1. The van der Waals surface area contributed by atoms with Crippen LogP contribution in [0.3, 0.4) is 0 Å². The van der Waals surface area contributed by atoms with Gasteiger partial charge in [-0.05, 0) is 123 Å². The van der Waals surface area contributed by atoms with Gasteiger partial charge in [0.15, 0.2) is 23.0 Å². The van der Waals surface area contributed by atoms with Gasteiger partial charge in [-0.2, -0.15) is 0 Å². The topological polar surface area (TPSA) is 236 Å². The predicted molar refractivity (Wildman–Crippen MR) is 341 cm³/mol. The molecule has 4 aromatic carbocycles. The number of rotatable bonds is 23. The molecule has 0 aromatic heterocycles. The van der Waals surface area contributed by atoms with Crippen LogP contribution < -0.4 is 39.6 Å². The average Bonchev–Trinajstić information content (AvgIpc) is 1.71. The molecule has 1 fully saturated rings. The number of likely N-dealkylation sites (tertiary alicyclic amines) is 1. The van der Waals surface area contributed by atoms with Crippen molar-refractivity contribution in [3.63, 3.8) is 0 Å². The molecule has 4 atom stereocenters. The Balaban J connectivity index is 0.770. The van der Waals surface area contributed by atoms with Gasteiger partial charge in [-0.1, -0.05) is 79.7 Å². The van der Waals surface area contributed by atoms with E-state index in [0.717, 1.165) is 28.0 Å². The van der Waals surface area contributed by atoms with Gasteiger partial charge in [-0.3, -0.25) is 48.4 Å². The largest absolute Gasteiger partial charge is 0.497 e. The van der Waals surface area contributed by atoms with Gasteiger partial charge in [0.25, 0.3) is 11.8 Å². The number of fused-ring (bicyclic) bond motifs is 4. The zero-order chi connectivity index (χ0) is 64.9. The van der Waals surface area contributed by atoms with E-state index in [1.54, 1.807) is 129 Å². The fourth-order valence-corrected chi connectivity index (χ4v) is 12.6. The van der Waals surface area contributed by atoms with Gasteiger partial charge < -0.3 is 49.4 Å². The molecule has 1 saturated heterocycles. The molecule has 4 unspecified atom stereocenters. The number of ether oxygens (including phenoxy) is 5. The second kappa shape index (κ2) is 24.6. The van der Waals surface area contributed by atoms with Crippen LogP contribution >= 0.6 is 0 Å². The molecule has 472 valence electrons. The number of β-lactam (4-membered cyclic amide) rings is 2. The lowest BCUT2D eigenvalue weighted by Crippen LogP contribution is -2.70. The summed E-state index contributed by atoms with van der Waals surface area (Å²) < 4.78 is 29.9. The number of carbonyl (C=O) groups excluding carboxylic acids is 7. The maximum Gasteiger partial charge on any atom is 0.260 e. The van der Waals surface area contributed by atoms with Crippen molar-refractivity contribution in [2.75, 3.05) is 39.9 Å². The summed E-state index contributed by atoms with van der Waals surface area (Å²) in [6, 6.07) is 19.3. The van der Waals surface area contributed by atoms with Gasteiger partial charge in [0.1, 0.15) is 23.2 Å². The molecule has 0 spiro atoms. The number of nitrogens with one attached hydrogen (secondary N) is 3. The van der Waals surface area contributed by atoms with Crippen LogP contribution in [-0.4, -0.2) is 133 Å². The Morgan fingerprint density at radius 1 is 0.607 bits per heavy atom. The zero-order valence-corrected chi connectivity index (χ0v) is 54.0. The molecule has 0 saturated carbocycles. The van der Waals surface area contributed by atoms with E-state index in [0.29, 0.717) is 83.7 Å². The summed E-state index contributed by atoms with van der Waals surface area (Å²) in [5.74, 6) is -0.296. The Labute approximate surface area is 521 Å². The maximum atomic E-state index is 14.3. The first-order valence-corrected chi connectivity index (χ1v) is 30.2. The Hall–Kier alpha value is -8.81. The maximum absolute atomic E-state index is 14.3. The average molecular weight is 1220 g/mol. The Bertz CT molecular complexity index is 3600. The molecule has 20 heteroatoms. The number of aliphatic imine (C=N–C) groups is 2. The molecule has 3 N–H and O–H groups in total. The Morgan fingerprint density at radius 2 is 1.07 bits per heavy atom. The number of carbonyl (C=O) groups is 7. The molecule has 20 nitrogen and oxygen atoms in total. The normalized spacial score (nSPS) is 18.5. The van der Waals surface area contributed by atoms with E-state index in [1.807, 2.05) is 55.0 Å². The van der Waals surface area contributed by atoms with E-state index in [9.17, 15) is 33.6 Å². The molecule has 9 rings (SSSR count). The van der Waals surface area contributed by atoms with Crippen LogP contribution in [0.1, 0.15) is 148 Å². The summed E-state index contributed by atoms with van der Waals surface area (Å²) in [7, 11) is 4.72. The van der Waals surface area contributed by atoms with Crippen molar-refractivity contribution in [1.82, 2.24) is 25.3 Å². The summed E-state index contributed by atoms with van der Waals surface area (Å²) in [6.45, 7) is 24.3. The molecular formula is C69H84N8O12. The Kier molecular flexibility index (Phi) is 17.9. The first kappa shape index (κ1) is 64.7. The summed E-state index contributed by atoms with van der Waals surface area (Å²) >= 11 is 0. The lowest BCUT2D eigenvalue weighted by molar-refractivity contribution is -0.183. The van der Waals surface area contributed by atoms with E-state index in [1.165, 1.54) is 12.0 Å². The number of hydrogen-bond acceptors (Lipinski definition) is 14. The molecule has 0 radical (unpaired) electrons. The third-order valence-corrected chi connectivity index (χ3v) is 17.2. The standard InChI is InChI=1S/C69H84N8O12/c1-39(2)57(74-62(82)67(8,9)36-68(10,11)77-63(83)69(12,13)64(77)84)59(79)72-40(3)58(78)73-45-21-17-41(18-22-45)43-25-46-31-70-51-29-55(53(86-15)27-49(51)60(80)75(46)33-43)88-37-65(4,5)35-66(6,7)38-89-56-30-52-50(28-54(56)87-16)61(81)76-34-44(26-47(76)32-71-52)42-19-23-48(85-14)24-20-42/h17-24,27-34,39-40,46-47,57H,25-26,35-38H2,1-16H3,(H,72,79)(H,73,78)(H,74,82). The fourth-order valence-electron chi connectivity index (χ4n) is 12.6.